The number of ether oxygens (including phenoxy) is 1. The molecule has 2 N–H and O–H groups in total. The molecule has 146 valence electrons. The molecule has 3 heterocycles. The van der Waals surface area contributed by atoms with Gasteiger partial charge in [0.05, 0.1) is 18.5 Å². The second-order valence-corrected chi connectivity index (χ2v) is 7.05. The molecule has 1 aromatic carbocycles. The van der Waals surface area contributed by atoms with Crippen LogP contribution in [0.15, 0.2) is 54.9 Å². The van der Waals surface area contributed by atoms with E-state index in [2.05, 4.69) is 15.0 Å². The minimum absolute atomic E-state index is 0.131. The number of carbonyl (C=O) groups excluding carboxylic acids is 1. The largest absolute Gasteiger partial charge is 0.464 e. The van der Waals surface area contributed by atoms with Gasteiger partial charge in [0.25, 0.3) is 0 Å². The molecule has 1 atom stereocenters. The third kappa shape index (κ3) is 3.48. The highest BCUT2D eigenvalue weighted by Crippen LogP contribution is 2.38. The van der Waals surface area contributed by atoms with E-state index in [1.54, 1.807) is 30.6 Å². The Hall–Kier alpha value is -3.22. The van der Waals surface area contributed by atoms with E-state index in [4.69, 9.17) is 16.3 Å². The SMILES string of the molecule is COC(=O)c1cccc(C(O)c2c(-c3cccnc3)[nH]c3cc(Cl)c(C)cc23)n1. The van der Waals surface area contributed by atoms with Crippen molar-refractivity contribution in [2.24, 2.45) is 0 Å². The number of methoxy groups -OCH3 is 1. The Balaban J connectivity index is 1.94. The zero-order valence-corrected chi connectivity index (χ0v) is 16.6. The molecule has 0 radical (unpaired) electrons. The number of benzene rings is 1. The smallest absolute Gasteiger partial charge is 0.356 e. The van der Waals surface area contributed by atoms with Crippen LogP contribution in [0.1, 0.15) is 33.4 Å². The molecule has 0 aliphatic rings. The van der Waals surface area contributed by atoms with Crippen molar-refractivity contribution in [1.82, 2.24) is 15.0 Å². The van der Waals surface area contributed by atoms with Crippen molar-refractivity contribution in [3.63, 3.8) is 0 Å². The number of carbonyl (C=O) groups is 1. The van der Waals surface area contributed by atoms with Crippen LogP contribution in [0.2, 0.25) is 5.02 Å². The first-order valence-electron chi connectivity index (χ1n) is 8.95. The lowest BCUT2D eigenvalue weighted by Crippen LogP contribution is -2.09. The quantitative estimate of drug-likeness (QED) is 0.488. The van der Waals surface area contributed by atoms with Crippen molar-refractivity contribution in [2.75, 3.05) is 7.11 Å². The van der Waals surface area contributed by atoms with Crippen LogP contribution in [-0.2, 0) is 4.74 Å². The summed E-state index contributed by atoms with van der Waals surface area (Å²) in [6.45, 7) is 1.91. The highest BCUT2D eigenvalue weighted by Gasteiger charge is 2.24. The Morgan fingerprint density at radius 3 is 2.79 bits per heavy atom. The number of aryl methyl sites for hydroxylation is 1. The van der Waals surface area contributed by atoms with Gasteiger partial charge in [-0.1, -0.05) is 17.7 Å². The van der Waals surface area contributed by atoms with Crippen molar-refractivity contribution >= 4 is 28.5 Å². The number of rotatable bonds is 4. The number of H-pyrrole nitrogens is 1. The molecule has 0 fully saturated rings. The summed E-state index contributed by atoms with van der Waals surface area (Å²) in [4.78, 5) is 23.7. The first-order chi connectivity index (χ1) is 14.0. The first kappa shape index (κ1) is 19.1. The fourth-order valence-electron chi connectivity index (χ4n) is 3.34. The van der Waals surface area contributed by atoms with Crippen LogP contribution in [0.25, 0.3) is 22.2 Å². The highest BCUT2D eigenvalue weighted by molar-refractivity contribution is 6.32. The summed E-state index contributed by atoms with van der Waals surface area (Å²) in [5.41, 5.74) is 4.32. The van der Waals surface area contributed by atoms with Gasteiger partial charge < -0.3 is 14.8 Å². The third-order valence-corrected chi connectivity index (χ3v) is 5.19. The van der Waals surface area contributed by atoms with Crippen LogP contribution in [-0.4, -0.2) is 33.1 Å². The molecule has 1 unspecified atom stereocenters. The van der Waals surface area contributed by atoms with Crippen molar-refractivity contribution < 1.29 is 14.6 Å². The number of esters is 1. The van der Waals surface area contributed by atoms with Crippen LogP contribution in [0, 0.1) is 6.92 Å². The van der Waals surface area contributed by atoms with E-state index in [9.17, 15) is 9.90 Å². The second-order valence-electron chi connectivity index (χ2n) is 6.64. The maximum Gasteiger partial charge on any atom is 0.356 e. The number of aromatic amines is 1. The van der Waals surface area contributed by atoms with Gasteiger partial charge in [0, 0.05) is 39.4 Å². The average Bonchev–Trinajstić information content (AvgIpc) is 3.11. The standard InChI is InChI=1S/C22H18ClN3O3/c1-12-9-14-18(10-15(12)23)26-20(13-5-4-8-24-11-13)19(14)21(27)16-6-3-7-17(25-16)22(28)29-2/h3-11,21,26-27H,1-2H3. The fourth-order valence-corrected chi connectivity index (χ4v) is 3.50. The lowest BCUT2D eigenvalue weighted by atomic mass is 9.98. The lowest BCUT2D eigenvalue weighted by Gasteiger charge is -2.14. The molecule has 0 amide bonds. The van der Waals surface area contributed by atoms with E-state index in [0.717, 1.165) is 22.0 Å². The van der Waals surface area contributed by atoms with Crippen LogP contribution in [0.5, 0.6) is 0 Å². The molecule has 4 aromatic rings. The summed E-state index contributed by atoms with van der Waals surface area (Å²) in [7, 11) is 1.29. The molecule has 0 aliphatic carbocycles. The van der Waals surface area contributed by atoms with E-state index in [-0.39, 0.29) is 5.69 Å². The van der Waals surface area contributed by atoms with Gasteiger partial charge in [-0.2, -0.15) is 0 Å². The van der Waals surface area contributed by atoms with Gasteiger partial charge in [0.1, 0.15) is 11.8 Å². The van der Waals surface area contributed by atoms with Gasteiger partial charge >= 0.3 is 5.97 Å². The molecular weight excluding hydrogens is 390 g/mol. The van der Waals surface area contributed by atoms with E-state index < -0.39 is 12.1 Å². The summed E-state index contributed by atoms with van der Waals surface area (Å²) in [5, 5.41) is 12.7. The maximum atomic E-state index is 11.9. The lowest BCUT2D eigenvalue weighted by molar-refractivity contribution is 0.0593. The van der Waals surface area contributed by atoms with E-state index >= 15 is 0 Å². The minimum Gasteiger partial charge on any atom is -0.464 e. The molecule has 0 spiro atoms. The highest BCUT2D eigenvalue weighted by atomic mass is 35.5. The fraction of sp³-hybridized carbons (Fsp3) is 0.136. The van der Waals surface area contributed by atoms with E-state index in [0.29, 0.717) is 22.0 Å². The number of pyridine rings is 2. The van der Waals surface area contributed by atoms with Crippen LogP contribution in [0.4, 0.5) is 0 Å². The molecule has 0 saturated carbocycles. The monoisotopic (exact) mass is 407 g/mol. The van der Waals surface area contributed by atoms with Gasteiger partial charge in [-0.05, 0) is 48.9 Å². The van der Waals surface area contributed by atoms with Gasteiger partial charge in [-0.3, -0.25) is 4.98 Å². The molecule has 0 aliphatic heterocycles. The molecule has 6 nitrogen and oxygen atoms in total. The van der Waals surface area contributed by atoms with E-state index in [1.165, 1.54) is 7.11 Å². The molecule has 4 rings (SSSR count). The van der Waals surface area contributed by atoms with Gasteiger partial charge in [-0.15, -0.1) is 0 Å². The van der Waals surface area contributed by atoms with Crippen molar-refractivity contribution in [3.05, 3.63) is 82.4 Å². The number of nitrogens with zero attached hydrogens (tertiary/aromatic N) is 2. The summed E-state index contributed by atoms with van der Waals surface area (Å²) < 4.78 is 4.74. The Kier molecular flexibility index (Phi) is 5.05. The zero-order valence-electron chi connectivity index (χ0n) is 15.8. The van der Waals surface area contributed by atoms with Crippen LogP contribution >= 0.6 is 11.6 Å². The minimum atomic E-state index is -1.08. The number of hydrogen-bond acceptors (Lipinski definition) is 5. The maximum absolute atomic E-state index is 11.9. The van der Waals surface area contributed by atoms with Gasteiger partial charge in [0.15, 0.2) is 0 Å². The van der Waals surface area contributed by atoms with Gasteiger partial charge in [0.2, 0.25) is 0 Å². The number of nitrogens with one attached hydrogen (secondary N) is 1. The average molecular weight is 408 g/mol. The number of hydrogen-bond donors (Lipinski definition) is 2. The summed E-state index contributed by atoms with van der Waals surface area (Å²) in [5.74, 6) is -0.562. The topological polar surface area (TPSA) is 88.1 Å². The Labute approximate surface area is 172 Å². The molecule has 0 bridgehead atoms. The first-order valence-corrected chi connectivity index (χ1v) is 9.33. The predicted molar refractivity (Wildman–Crippen MR) is 111 cm³/mol. The number of aromatic nitrogens is 3. The molecular formula is C22H18ClN3O3. The summed E-state index contributed by atoms with van der Waals surface area (Å²) in [6.07, 6.45) is 2.32. The summed E-state index contributed by atoms with van der Waals surface area (Å²) >= 11 is 6.30. The van der Waals surface area contributed by atoms with Crippen LogP contribution in [0.3, 0.4) is 0 Å². The summed E-state index contributed by atoms with van der Waals surface area (Å²) in [6, 6.07) is 12.4. The number of aliphatic hydroxyl groups is 1. The zero-order chi connectivity index (χ0) is 20.5. The van der Waals surface area contributed by atoms with Crippen molar-refractivity contribution in [1.29, 1.82) is 0 Å². The molecule has 3 aromatic heterocycles. The Bertz CT molecular complexity index is 1200. The predicted octanol–water partition coefficient (Wildman–Crippen LogP) is 4.46. The van der Waals surface area contributed by atoms with Crippen molar-refractivity contribution in [3.8, 4) is 11.3 Å². The Morgan fingerprint density at radius 2 is 2.07 bits per heavy atom. The Morgan fingerprint density at radius 1 is 1.24 bits per heavy atom. The van der Waals surface area contributed by atoms with Gasteiger partial charge in [-0.25, -0.2) is 9.78 Å². The van der Waals surface area contributed by atoms with Crippen molar-refractivity contribution in [2.45, 2.75) is 13.0 Å². The van der Waals surface area contributed by atoms with E-state index in [1.807, 2.05) is 31.2 Å². The second kappa shape index (κ2) is 7.66. The molecule has 7 heteroatoms. The normalized spacial score (nSPS) is 12.1. The number of aliphatic hydroxyl groups excluding tert-OH is 1. The number of halogens is 1. The molecule has 0 saturated heterocycles. The molecule has 29 heavy (non-hydrogen) atoms. The van der Waals surface area contributed by atoms with Crippen LogP contribution < -0.4 is 0 Å². The third-order valence-electron chi connectivity index (χ3n) is 4.79. The number of fused-ring (bicyclic) bond motifs is 1.